The van der Waals surface area contributed by atoms with E-state index >= 15 is 0 Å². The van der Waals surface area contributed by atoms with E-state index in [2.05, 4.69) is 37.9 Å². The van der Waals surface area contributed by atoms with Crippen molar-refractivity contribution in [2.75, 3.05) is 19.6 Å². The monoisotopic (exact) mass is 292 g/mol. The number of hydrogen-bond acceptors (Lipinski definition) is 2. The summed E-state index contributed by atoms with van der Waals surface area (Å²) in [6, 6.07) is 8.21. The number of nitrogens with zero attached hydrogens (tertiary/aromatic N) is 1. The molecule has 118 valence electrons. The van der Waals surface area contributed by atoms with E-state index in [1.807, 2.05) is 12.1 Å². The molecule has 2 atom stereocenters. The molecule has 21 heavy (non-hydrogen) atoms. The maximum absolute atomic E-state index is 13.8. The fourth-order valence-corrected chi connectivity index (χ4v) is 3.08. The van der Waals surface area contributed by atoms with Crippen LogP contribution in [-0.4, -0.2) is 36.6 Å². The average molecular weight is 292 g/mol. The van der Waals surface area contributed by atoms with E-state index in [0.717, 1.165) is 38.0 Å². The van der Waals surface area contributed by atoms with E-state index in [1.54, 1.807) is 12.1 Å². The van der Waals surface area contributed by atoms with E-state index in [1.165, 1.54) is 0 Å². The molecule has 0 amide bonds. The Kier molecular flexibility index (Phi) is 5.39. The van der Waals surface area contributed by atoms with Gasteiger partial charge < -0.3 is 5.32 Å². The zero-order chi connectivity index (χ0) is 15.5. The van der Waals surface area contributed by atoms with Crippen LogP contribution in [0.2, 0.25) is 0 Å². The molecular formula is C18H29FN2. The van der Waals surface area contributed by atoms with Crippen molar-refractivity contribution < 1.29 is 4.39 Å². The normalized spacial score (nSPS) is 24.2. The van der Waals surface area contributed by atoms with Crippen molar-refractivity contribution in [1.82, 2.24) is 10.2 Å². The Hall–Kier alpha value is -0.930. The van der Waals surface area contributed by atoms with Gasteiger partial charge in [-0.2, -0.15) is 0 Å². The SMILES string of the molecule is CCC1CNC(C(C)(C)C)CN1CCc1ccccc1F. The van der Waals surface area contributed by atoms with Gasteiger partial charge in [-0.1, -0.05) is 45.9 Å². The zero-order valence-corrected chi connectivity index (χ0v) is 13.8. The smallest absolute Gasteiger partial charge is 0.126 e. The summed E-state index contributed by atoms with van der Waals surface area (Å²) in [6.45, 7) is 12.1. The van der Waals surface area contributed by atoms with Crippen LogP contribution in [0.15, 0.2) is 24.3 Å². The first kappa shape index (κ1) is 16.4. The van der Waals surface area contributed by atoms with Crippen LogP contribution in [0.5, 0.6) is 0 Å². The van der Waals surface area contributed by atoms with Crippen molar-refractivity contribution in [2.45, 2.75) is 52.6 Å². The Morgan fingerprint density at radius 3 is 2.62 bits per heavy atom. The molecule has 1 aliphatic rings. The fraction of sp³-hybridized carbons (Fsp3) is 0.667. The van der Waals surface area contributed by atoms with Crippen molar-refractivity contribution in [3.05, 3.63) is 35.6 Å². The van der Waals surface area contributed by atoms with E-state index in [0.29, 0.717) is 12.1 Å². The fourth-order valence-electron chi connectivity index (χ4n) is 3.08. The lowest BCUT2D eigenvalue weighted by molar-refractivity contribution is 0.0844. The van der Waals surface area contributed by atoms with Crippen molar-refractivity contribution in [3.63, 3.8) is 0 Å². The summed E-state index contributed by atoms with van der Waals surface area (Å²) < 4.78 is 13.8. The number of nitrogens with one attached hydrogen (secondary N) is 1. The first-order valence-electron chi connectivity index (χ1n) is 8.12. The highest BCUT2D eigenvalue weighted by Crippen LogP contribution is 2.24. The van der Waals surface area contributed by atoms with Crippen LogP contribution in [0.1, 0.15) is 39.7 Å². The minimum Gasteiger partial charge on any atom is -0.311 e. The summed E-state index contributed by atoms with van der Waals surface area (Å²) in [5.41, 5.74) is 1.09. The Bertz CT molecular complexity index is 453. The van der Waals surface area contributed by atoms with Gasteiger partial charge in [0.05, 0.1) is 0 Å². The highest BCUT2D eigenvalue weighted by molar-refractivity contribution is 5.17. The molecule has 0 bridgehead atoms. The minimum atomic E-state index is -0.0759. The molecule has 0 spiro atoms. The highest BCUT2D eigenvalue weighted by Gasteiger charge is 2.33. The van der Waals surface area contributed by atoms with Gasteiger partial charge in [0.2, 0.25) is 0 Å². The van der Waals surface area contributed by atoms with Gasteiger partial charge >= 0.3 is 0 Å². The Labute approximate surface area is 128 Å². The Morgan fingerprint density at radius 1 is 1.29 bits per heavy atom. The van der Waals surface area contributed by atoms with E-state index in [9.17, 15) is 4.39 Å². The molecule has 2 rings (SSSR count). The van der Waals surface area contributed by atoms with E-state index in [4.69, 9.17) is 0 Å². The third kappa shape index (κ3) is 4.27. The average Bonchev–Trinajstić information content (AvgIpc) is 2.45. The van der Waals surface area contributed by atoms with E-state index < -0.39 is 0 Å². The number of benzene rings is 1. The quantitative estimate of drug-likeness (QED) is 0.914. The predicted molar refractivity (Wildman–Crippen MR) is 87.0 cm³/mol. The van der Waals surface area contributed by atoms with Gasteiger partial charge in [0.15, 0.2) is 0 Å². The molecule has 0 radical (unpaired) electrons. The molecule has 1 fully saturated rings. The molecule has 0 saturated carbocycles. The van der Waals surface area contributed by atoms with E-state index in [-0.39, 0.29) is 11.2 Å². The van der Waals surface area contributed by atoms with Crippen LogP contribution >= 0.6 is 0 Å². The predicted octanol–water partition coefficient (Wildman–Crippen LogP) is 3.47. The standard InChI is InChI=1S/C18H29FN2/c1-5-15-12-20-17(18(2,3)4)13-21(15)11-10-14-8-6-7-9-16(14)19/h6-9,15,17,20H,5,10-13H2,1-4H3. The highest BCUT2D eigenvalue weighted by atomic mass is 19.1. The molecule has 0 aliphatic carbocycles. The first-order chi connectivity index (χ1) is 9.91. The second-order valence-corrected chi connectivity index (χ2v) is 7.23. The summed E-state index contributed by atoms with van der Waals surface area (Å²) in [4.78, 5) is 2.54. The zero-order valence-electron chi connectivity index (χ0n) is 13.8. The van der Waals surface area contributed by atoms with Crippen LogP contribution in [0.25, 0.3) is 0 Å². The molecule has 2 unspecified atom stereocenters. The van der Waals surface area contributed by atoms with Crippen molar-refractivity contribution in [2.24, 2.45) is 5.41 Å². The topological polar surface area (TPSA) is 15.3 Å². The second kappa shape index (κ2) is 6.89. The number of piperazine rings is 1. The van der Waals surface area contributed by atoms with Crippen LogP contribution in [-0.2, 0) is 6.42 Å². The van der Waals surface area contributed by atoms with Gasteiger partial charge in [-0.05, 0) is 29.9 Å². The molecular weight excluding hydrogens is 263 g/mol. The van der Waals surface area contributed by atoms with Crippen LogP contribution in [0, 0.1) is 11.2 Å². The molecule has 1 N–H and O–H groups in total. The molecule has 1 aliphatic heterocycles. The van der Waals surface area contributed by atoms with Gasteiger partial charge in [0.1, 0.15) is 5.82 Å². The summed E-state index contributed by atoms with van der Waals surface area (Å²) in [6.07, 6.45) is 1.93. The molecule has 1 aromatic carbocycles. The van der Waals surface area contributed by atoms with Gasteiger partial charge in [-0.3, -0.25) is 4.90 Å². The molecule has 3 heteroatoms. The summed E-state index contributed by atoms with van der Waals surface area (Å²) in [5.74, 6) is -0.0759. The lowest BCUT2D eigenvalue weighted by Gasteiger charge is -2.45. The van der Waals surface area contributed by atoms with Gasteiger partial charge in [-0.15, -0.1) is 0 Å². The van der Waals surface area contributed by atoms with Gasteiger partial charge in [0.25, 0.3) is 0 Å². The second-order valence-electron chi connectivity index (χ2n) is 7.23. The molecule has 0 aromatic heterocycles. The minimum absolute atomic E-state index is 0.0759. The number of rotatable bonds is 4. The maximum Gasteiger partial charge on any atom is 0.126 e. The van der Waals surface area contributed by atoms with Crippen LogP contribution in [0.4, 0.5) is 4.39 Å². The van der Waals surface area contributed by atoms with Gasteiger partial charge in [0, 0.05) is 31.7 Å². The lowest BCUT2D eigenvalue weighted by atomic mass is 9.84. The molecule has 1 saturated heterocycles. The van der Waals surface area contributed by atoms with Crippen LogP contribution < -0.4 is 5.32 Å². The van der Waals surface area contributed by atoms with Crippen molar-refractivity contribution in [1.29, 1.82) is 0 Å². The summed E-state index contributed by atoms with van der Waals surface area (Å²) >= 11 is 0. The number of halogens is 1. The summed E-state index contributed by atoms with van der Waals surface area (Å²) in [5, 5.41) is 3.68. The maximum atomic E-state index is 13.8. The van der Waals surface area contributed by atoms with Crippen molar-refractivity contribution in [3.8, 4) is 0 Å². The first-order valence-corrected chi connectivity index (χ1v) is 8.12. The number of hydrogen-bond donors (Lipinski definition) is 1. The summed E-state index contributed by atoms with van der Waals surface area (Å²) in [7, 11) is 0. The Morgan fingerprint density at radius 2 is 2.00 bits per heavy atom. The van der Waals surface area contributed by atoms with Crippen LogP contribution in [0.3, 0.4) is 0 Å². The van der Waals surface area contributed by atoms with Gasteiger partial charge in [-0.25, -0.2) is 4.39 Å². The lowest BCUT2D eigenvalue weighted by Crippen LogP contribution is -2.60. The molecule has 1 heterocycles. The molecule has 1 aromatic rings. The van der Waals surface area contributed by atoms with Crippen molar-refractivity contribution >= 4 is 0 Å². The molecule has 2 nitrogen and oxygen atoms in total. The Balaban J connectivity index is 2.00. The third-order valence-electron chi connectivity index (χ3n) is 4.68. The largest absolute Gasteiger partial charge is 0.311 e. The third-order valence-corrected chi connectivity index (χ3v) is 4.68.